The zero-order valence-electron chi connectivity index (χ0n) is 10.5. The molecule has 0 aromatic rings. The second-order valence-electron chi connectivity index (χ2n) is 3.73. The van der Waals surface area contributed by atoms with Crippen molar-refractivity contribution in [3.63, 3.8) is 0 Å². The highest BCUT2D eigenvalue weighted by Crippen LogP contribution is 2.01. The van der Waals surface area contributed by atoms with E-state index < -0.39 is 31.0 Å². The summed E-state index contributed by atoms with van der Waals surface area (Å²) in [4.78, 5) is 35.8. The van der Waals surface area contributed by atoms with E-state index >= 15 is 0 Å². The van der Waals surface area contributed by atoms with Gasteiger partial charge in [-0.15, -0.1) is 6.58 Å². The van der Waals surface area contributed by atoms with Gasteiger partial charge in [-0.1, -0.05) is 13.0 Å². The SMILES string of the molecule is C=CCN(CCC)C(=O)N(CC(N)=O)CC(=O)O. The Morgan fingerprint density at radius 1 is 1.28 bits per heavy atom. The first-order valence-electron chi connectivity index (χ1n) is 5.57. The van der Waals surface area contributed by atoms with Crippen molar-refractivity contribution in [2.75, 3.05) is 26.2 Å². The molecule has 0 spiro atoms. The smallest absolute Gasteiger partial charge is 0.323 e. The van der Waals surface area contributed by atoms with Crippen molar-refractivity contribution >= 4 is 17.9 Å². The largest absolute Gasteiger partial charge is 0.480 e. The number of carboxylic acids is 1. The van der Waals surface area contributed by atoms with Crippen LogP contribution in [0.2, 0.25) is 0 Å². The molecule has 0 aliphatic carbocycles. The topological polar surface area (TPSA) is 104 Å². The Bertz CT molecular complexity index is 314. The Hall–Kier alpha value is -2.05. The first kappa shape index (κ1) is 16.0. The Balaban J connectivity index is 4.81. The minimum atomic E-state index is -1.19. The second-order valence-corrected chi connectivity index (χ2v) is 3.73. The molecule has 0 bridgehead atoms. The number of carboxylic acid groups (broad SMARTS) is 1. The van der Waals surface area contributed by atoms with E-state index in [0.29, 0.717) is 13.1 Å². The van der Waals surface area contributed by atoms with Crippen molar-refractivity contribution in [3.05, 3.63) is 12.7 Å². The Labute approximate surface area is 106 Å². The maximum absolute atomic E-state index is 12.0. The summed E-state index contributed by atoms with van der Waals surface area (Å²) in [5.74, 6) is -1.95. The molecule has 18 heavy (non-hydrogen) atoms. The van der Waals surface area contributed by atoms with Crippen LogP contribution in [0.1, 0.15) is 13.3 Å². The lowest BCUT2D eigenvalue weighted by molar-refractivity contribution is -0.138. The molecular weight excluding hydrogens is 238 g/mol. The van der Waals surface area contributed by atoms with Gasteiger partial charge in [-0.3, -0.25) is 9.59 Å². The van der Waals surface area contributed by atoms with Crippen LogP contribution in [0.15, 0.2) is 12.7 Å². The van der Waals surface area contributed by atoms with Gasteiger partial charge >= 0.3 is 12.0 Å². The number of amides is 3. The Kier molecular flexibility index (Phi) is 7.18. The van der Waals surface area contributed by atoms with Crippen molar-refractivity contribution in [1.82, 2.24) is 9.80 Å². The first-order chi connectivity index (χ1) is 8.42. The highest BCUT2D eigenvalue weighted by atomic mass is 16.4. The van der Waals surface area contributed by atoms with E-state index in [2.05, 4.69) is 6.58 Å². The Morgan fingerprint density at radius 3 is 2.28 bits per heavy atom. The van der Waals surface area contributed by atoms with Gasteiger partial charge in [-0.25, -0.2) is 4.79 Å². The maximum Gasteiger partial charge on any atom is 0.323 e. The fourth-order valence-corrected chi connectivity index (χ4v) is 1.43. The zero-order chi connectivity index (χ0) is 14.1. The fraction of sp³-hybridized carbons (Fsp3) is 0.545. The molecule has 3 N–H and O–H groups in total. The number of carbonyl (C=O) groups is 3. The molecule has 0 radical (unpaired) electrons. The molecule has 0 aromatic carbocycles. The second kappa shape index (κ2) is 8.10. The monoisotopic (exact) mass is 257 g/mol. The van der Waals surface area contributed by atoms with E-state index in [1.165, 1.54) is 11.0 Å². The summed E-state index contributed by atoms with van der Waals surface area (Å²) in [5.41, 5.74) is 4.99. The van der Waals surface area contributed by atoms with Crippen LogP contribution in [0.4, 0.5) is 4.79 Å². The van der Waals surface area contributed by atoms with E-state index in [4.69, 9.17) is 10.8 Å². The summed E-state index contributed by atoms with van der Waals surface area (Å²) < 4.78 is 0. The quantitative estimate of drug-likeness (QED) is 0.591. The van der Waals surface area contributed by atoms with Crippen LogP contribution >= 0.6 is 0 Å². The van der Waals surface area contributed by atoms with Gasteiger partial charge in [0.15, 0.2) is 0 Å². The summed E-state index contributed by atoms with van der Waals surface area (Å²) in [6, 6.07) is -0.530. The molecule has 0 atom stereocenters. The van der Waals surface area contributed by atoms with Gasteiger partial charge in [0, 0.05) is 13.1 Å². The summed E-state index contributed by atoms with van der Waals surface area (Å²) >= 11 is 0. The van der Waals surface area contributed by atoms with Crippen LogP contribution in [-0.4, -0.2) is 59.0 Å². The van der Waals surface area contributed by atoms with Gasteiger partial charge in [0.1, 0.15) is 13.1 Å². The third kappa shape index (κ3) is 5.88. The molecule has 0 unspecified atom stereocenters. The molecule has 0 saturated carbocycles. The number of rotatable bonds is 8. The summed E-state index contributed by atoms with van der Waals surface area (Å²) in [5, 5.41) is 8.70. The number of nitrogens with two attached hydrogens (primary N) is 1. The normalized spacial score (nSPS) is 9.61. The number of hydrogen-bond acceptors (Lipinski definition) is 3. The zero-order valence-corrected chi connectivity index (χ0v) is 10.5. The standard InChI is InChI=1S/C11H19N3O4/c1-3-5-13(6-4-2)11(18)14(7-9(12)15)8-10(16)17/h3H,1,4-8H2,2H3,(H2,12,15)(H,16,17). The predicted molar refractivity (Wildman–Crippen MR) is 65.9 cm³/mol. The number of nitrogens with zero attached hydrogens (tertiary/aromatic N) is 2. The molecule has 0 aliphatic heterocycles. The van der Waals surface area contributed by atoms with Crippen molar-refractivity contribution in [3.8, 4) is 0 Å². The number of aliphatic carboxylic acids is 1. The Morgan fingerprint density at radius 2 is 1.89 bits per heavy atom. The van der Waals surface area contributed by atoms with E-state index in [0.717, 1.165) is 11.3 Å². The fourth-order valence-electron chi connectivity index (χ4n) is 1.43. The molecule has 0 saturated heterocycles. The predicted octanol–water partition coefficient (Wildman–Crippen LogP) is -0.124. The third-order valence-electron chi connectivity index (χ3n) is 2.06. The van der Waals surface area contributed by atoms with Crippen molar-refractivity contribution in [2.24, 2.45) is 5.73 Å². The number of urea groups is 1. The molecule has 3 amide bonds. The van der Waals surface area contributed by atoms with E-state index in [1.807, 2.05) is 6.92 Å². The molecule has 102 valence electrons. The average Bonchev–Trinajstić information content (AvgIpc) is 2.25. The van der Waals surface area contributed by atoms with Crippen LogP contribution in [0, 0.1) is 0 Å². The van der Waals surface area contributed by atoms with E-state index in [-0.39, 0.29) is 0 Å². The van der Waals surface area contributed by atoms with Crippen LogP contribution in [0.5, 0.6) is 0 Å². The molecule has 0 heterocycles. The number of primary amides is 1. The highest BCUT2D eigenvalue weighted by Gasteiger charge is 2.23. The van der Waals surface area contributed by atoms with Gasteiger partial charge in [0.05, 0.1) is 0 Å². The summed E-state index contributed by atoms with van der Waals surface area (Å²) in [6.07, 6.45) is 2.26. The lowest BCUT2D eigenvalue weighted by Crippen LogP contribution is -2.48. The van der Waals surface area contributed by atoms with Crippen LogP contribution < -0.4 is 5.73 Å². The maximum atomic E-state index is 12.0. The molecule has 0 aliphatic rings. The number of carbonyl (C=O) groups excluding carboxylic acids is 2. The van der Waals surface area contributed by atoms with Gasteiger partial charge < -0.3 is 20.6 Å². The third-order valence-corrected chi connectivity index (χ3v) is 2.06. The minimum absolute atomic E-state index is 0.293. The molecule has 0 aromatic heterocycles. The number of hydrogen-bond donors (Lipinski definition) is 2. The van der Waals surface area contributed by atoms with Crippen molar-refractivity contribution in [1.29, 1.82) is 0 Å². The van der Waals surface area contributed by atoms with Gasteiger partial charge in [-0.05, 0) is 6.42 Å². The van der Waals surface area contributed by atoms with E-state index in [9.17, 15) is 14.4 Å². The summed E-state index contributed by atoms with van der Waals surface area (Å²) in [7, 11) is 0. The van der Waals surface area contributed by atoms with Crippen molar-refractivity contribution < 1.29 is 19.5 Å². The lowest BCUT2D eigenvalue weighted by atomic mass is 10.4. The van der Waals surface area contributed by atoms with Crippen LogP contribution in [-0.2, 0) is 9.59 Å². The molecule has 7 nitrogen and oxygen atoms in total. The molecular formula is C11H19N3O4. The highest BCUT2D eigenvalue weighted by molar-refractivity contribution is 5.86. The average molecular weight is 257 g/mol. The molecule has 0 fully saturated rings. The van der Waals surface area contributed by atoms with Gasteiger partial charge in [0.25, 0.3) is 0 Å². The van der Waals surface area contributed by atoms with Gasteiger partial charge in [-0.2, -0.15) is 0 Å². The van der Waals surface area contributed by atoms with E-state index in [1.54, 1.807) is 0 Å². The van der Waals surface area contributed by atoms with Crippen LogP contribution in [0.25, 0.3) is 0 Å². The minimum Gasteiger partial charge on any atom is -0.480 e. The summed E-state index contributed by atoms with van der Waals surface area (Å²) in [6.45, 7) is 5.19. The van der Waals surface area contributed by atoms with Gasteiger partial charge in [0.2, 0.25) is 5.91 Å². The van der Waals surface area contributed by atoms with Crippen molar-refractivity contribution in [2.45, 2.75) is 13.3 Å². The van der Waals surface area contributed by atoms with Crippen LogP contribution in [0.3, 0.4) is 0 Å². The molecule has 0 rings (SSSR count). The lowest BCUT2D eigenvalue weighted by Gasteiger charge is -2.28. The first-order valence-corrected chi connectivity index (χ1v) is 5.57. The molecule has 7 heteroatoms.